The zero-order valence-corrected chi connectivity index (χ0v) is 9.30. The van der Waals surface area contributed by atoms with Crippen LogP contribution in [-0.2, 0) is 4.57 Å². The monoisotopic (exact) mass is 256 g/mol. The van der Waals surface area contributed by atoms with Crippen molar-refractivity contribution in [3.63, 3.8) is 0 Å². The topological polar surface area (TPSA) is 149 Å². The van der Waals surface area contributed by atoms with Crippen LogP contribution in [0.2, 0.25) is 0 Å². The summed E-state index contributed by atoms with van der Waals surface area (Å²) in [6, 6.07) is 8.91. The van der Waals surface area contributed by atoms with Gasteiger partial charge in [0.2, 0.25) is 0 Å². The summed E-state index contributed by atoms with van der Waals surface area (Å²) in [6.45, 7) is 0. The number of anilines is 1. The molecule has 1 aromatic carbocycles. The maximum absolute atomic E-state index is 8.88. The van der Waals surface area contributed by atoms with Crippen LogP contribution < -0.4 is 10.9 Å². The molecule has 0 aliphatic heterocycles. The second-order valence-corrected chi connectivity index (χ2v) is 3.56. The minimum atomic E-state index is -4.64. The molecule has 0 fully saturated rings. The molecule has 0 aliphatic carbocycles. The van der Waals surface area contributed by atoms with Crippen LogP contribution in [0.25, 0.3) is 0 Å². The van der Waals surface area contributed by atoms with Gasteiger partial charge < -0.3 is 14.7 Å². The van der Waals surface area contributed by atoms with Gasteiger partial charge in [0.15, 0.2) is 6.19 Å². The number of benzene rings is 1. The number of hydrogen-bond donors (Lipinski definition) is 5. The Balaban J connectivity index is 0.000000437. The first-order valence-electron chi connectivity index (χ1n) is 4.06. The summed E-state index contributed by atoms with van der Waals surface area (Å²) in [5, 5.41) is 16.8. The smallest absolute Gasteiger partial charge is 0.303 e. The predicted molar refractivity (Wildman–Crippen MR) is 57.8 cm³/mol. The van der Waals surface area contributed by atoms with Crippen molar-refractivity contribution in [3.05, 3.63) is 29.8 Å². The Labute approximate surface area is 97.0 Å². The number of rotatable bonds is 2. The molecule has 0 amide bonds. The van der Waals surface area contributed by atoms with Crippen LogP contribution in [-0.4, -0.2) is 14.7 Å². The number of hydrogen-bond acceptors (Lipinski definition) is 5. The molecule has 0 heterocycles. The molecule has 0 saturated carbocycles. The zero-order valence-electron chi connectivity index (χ0n) is 8.40. The van der Waals surface area contributed by atoms with Crippen LogP contribution >= 0.6 is 7.82 Å². The highest BCUT2D eigenvalue weighted by Crippen LogP contribution is 2.25. The minimum absolute atomic E-state index is 0.500. The summed E-state index contributed by atoms with van der Waals surface area (Å²) in [5.74, 6) is 0. The fraction of sp³-hybridized carbons (Fsp3) is 0. The molecule has 0 bridgehead atoms. The average Bonchev–Trinajstić information content (AvgIpc) is 2.24. The molecule has 0 atom stereocenters. The van der Waals surface area contributed by atoms with Crippen molar-refractivity contribution in [1.29, 1.82) is 10.5 Å². The Morgan fingerprint density at radius 1 is 1.18 bits per heavy atom. The van der Waals surface area contributed by atoms with Gasteiger partial charge in [0.25, 0.3) is 0 Å². The fourth-order valence-electron chi connectivity index (χ4n) is 0.785. The lowest BCUT2D eigenvalue weighted by Gasteiger charge is -2.03. The number of phosphoric acid groups is 1. The van der Waals surface area contributed by atoms with Gasteiger partial charge in [0.1, 0.15) is 6.07 Å². The van der Waals surface area contributed by atoms with Crippen molar-refractivity contribution in [1.82, 2.24) is 5.43 Å². The highest BCUT2D eigenvalue weighted by Gasteiger charge is 2.00. The van der Waals surface area contributed by atoms with Crippen LogP contribution in [0, 0.1) is 22.8 Å². The second-order valence-electron chi connectivity index (χ2n) is 2.53. The van der Waals surface area contributed by atoms with Crippen molar-refractivity contribution in [2.45, 2.75) is 0 Å². The van der Waals surface area contributed by atoms with Crippen LogP contribution in [0.4, 0.5) is 5.69 Å². The Kier molecular flexibility index (Phi) is 6.34. The normalized spacial score (nSPS) is 9.00. The zero-order chi connectivity index (χ0) is 13.3. The van der Waals surface area contributed by atoms with Gasteiger partial charge in [-0.05, 0) is 12.1 Å². The van der Waals surface area contributed by atoms with Gasteiger partial charge in [0, 0.05) is 0 Å². The van der Waals surface area contributed by atoms with Gasteiger partial charge in [-0.3, -0.25) is 5.43 Å². The van der Waals surface area contributed by atoms with Gasteiger partial charge in [-0.25, -0.2) is 9.99 Å². The van der Waals surface area contributed by atoms with Gasteiger partial charge >= 0.3 is 7.82 Å². The first-order chi connectivity index (χ1) is 7.88. The van der Waals surface area contributed by atoms with Gasteiger partial charge in [-0.15, -0.1) is 0 Å². The lowest BCUT2D eigenvalue weighted by molar-refractivity contribution is 0.275. The number of nitrogens with one attached hydrogen (secondary N) is 2. The van der Waals surface area contributed by atoms with Crippen LogP contribution in [0.15, 0.2) is 24.3 Å². The van der Waals surface area contributed by atoms with E-state index >= 15 is 0 Å². The van der Waals surface area contributed by atoms with E-state index in [4.69, 9.17) is 29.8 Å². The van der Waals surface area contributed by atoms with E-state index in [-0.39, 0.29) is 0 Å². The summed E-state index contributed by atoms with van der Waals surface area (Å²) in [7, 11) is -4.64. The van der Waals surface area contributed by atoms with Gasteiger partial charge in [-0.1, -0.05) is 12.1 Å². The summed E-state index contributed by atoms with van der Waals surface area (Å²) < 4.78 is 8.88. The van der Waals surface area contributed by atoms with Crippen LogP contribution in [0.3, 0.4) is 0 Å². The molecule has 90 valence electrons. The molecule has 1 rings (SSSR count). The lowest BCUT2D eigenvalue weighted by Crippen LogP contribution is -2.15. The molecule has 0 aliphatic rings. The maximum atomic E-state index is 8.88. The summed E-state index contributed by atoms with van der Waals surface area (Å²) in [4.78, 5) is 21.6. The summed E-state index contributed by atoms with van der Waals surface area (Å²) >= 11 is 0. The standard InChI is InChI=1S/C8H6N4.H3O4P/c9-5-7-3-1-2-4-8(7)12-11-6-10;1-5(2,3)4/h1-4,11-12H;(H3,1,2,3,4). The number of nitrogens with zero attached hydrogens (tertiary/aromatic N) is 2. The highest BCUT2D eigenvalue weighted by atomic mass is 31.2. The molecule has 9 heteroatoms. The Bertz CT molecular complexity index is 479. The third-order valence-corrected chi connectivity index (χ3v) is 1.30. The Morgan fingerprint density at radius 2 is 1.71 bits per heavy atom. The molecule has 0 saturated heterocycles. The predicted octanol–water partition coefficient (Wildman–Crippen LogP) is 0.0273. The Hall–Kier alpha value is -2.09. The lowest BCUT2D eigenvalue weighted by atomic mass is 10.2. The van der Waals surface area contributed by atoms with E-state index in [1.165, 1.54) is 0 Å². The second kappa shape index (κ2) is 7.23. The molecule has 0 radical (unpaired) electrons. The molecular weight excluding hydrogens is 247 g/mol. The summed E-state index contributed by atoms with van der Waals surface area (Å²) in [5.41, 5.74) is 5.92. The van der Waals surface area contributed by atoms with E-state index in [9.17, 15) is 0 Å². The third kappa shape index (κ3) is 8.88. The molecule has 0 spiro atoms. The van der Waals surface area contributed by atoms with E-state index in [0.717, 1.165) is 0 Å². The van der Waals surface area contributed by atoms with Crippen molar-refractivity contribution < 1.29 is 19.2 Å². The first-order valence-corrected chi connectivity index (χ1v) is 5.62. The number of nitriles is 2. The van der Waals surface area contributed by atoms with Crippen LogP contribution in [0.1, 0.15) is 5.56 Å². The van der Waals surface area contributed by atoms with Crippen LogP contribution in [0.5, 0.6) is 0 Å². The molecule has 0 aromatic heterocycles. The molecule has 1 aromatic rings. The van der Waals surface area contributed by atoms with E-state index in [1.807, 2.05) is 6.07 Å². The summed E-state index contributed by atoms with van der Waals surface area (Å²) in [6.07, 6.45) is 1.70. The van der Waals surface area contributed by atoms with Gasteiger partial charge in [-0.2, -0.15) is 10.5 Å². The number of para-hydroxylation sites is 1. The molecule has 5 N–H and O–H groups in total. The van der Waals surface area contributed by atoms with Crippen molar-refractivity contribution in [2.24, 2.45) is 0 Å². The van der Waals surface area contributed by atoms with E-state index < -0.39 is 7.82 Å². The van der Waals surface area contributed by atoms with Crippen molar-refractivity contribution >= 4 is 13.5 Å². The quantitative estimate of drug-likeness (QED) is 0.215. The van der Waals surface area contributed by atoms with Crippen molar-refractivity contribution in [2.75, 3.05) is 5.43 Å². The Morgan fingerprint density at radius 3 is 2.18 bits per heavy atom. The average molecular weight is 256 g/mol. The maximum Gasteiger partial charge on any atom is 0.466 e. The minimum Gasteiger partial charge on any atom is -0.303 e. The third-order valence-electron chi connectivity index (χ3n) is 1.30. The molecule has 8 nitrogen and oxygen atoms in total. The largest absolute Gasteiger partial charge is 0.466 e. The van der Waals surface area contributed by atoms with Gasteiger partial charge in [0.05, 0.1) is 11.3 Å². The SMILES string of the molecule is N#CNNc1ccccc1C#N.O=P(O)(O)O. The first kappa shape index (κ1) is 14.9. The molecule has 17 heavy (non-hydrogen) atoms. The highest BCUT2D eigenvalue weighted by molar-refractivity contribution is 7.45. The van der Waals surface area contributed by atoms with Crippen molar-refractivity contribution in [3.8, 4) is 12.3 Å². The van der Waals surface area contributed by atoms with E-state index in [1.54, 1.807) is 30.5 Å². The molecule has 0 unspecified atom stereocenters. The number of hydrazine groups is 1. The van der Waals surface area contributed by atoms with E-state index in [0.29, 0.717) is 11.3 Å². The fourth-order valence-corrected chi connectivity index (χ4v) is 0.785. The van der Waals surface area contributed by atoms with E-state index in [2.05, 4.69) is 10.9 Å². The molecular formula is C8H9N4O4P.